The predicted molar refractivity (Wildman–Crippen MR) is 85.2 cm³/mol. The van der Waals surface area contributed by atoms with Crippen LogP contribution in [0.5, 0.6) is 5.75 Å². The first-order chi connectivity index (χ1) is 10.5. The number of carboxylic acid groups (broad SMARTS) is 1. The van der Waals surface area contributed by atoms with Crippen molar-refractivity contribution in [2.75, 3.05) is 0 Å². The number of carboxylic acids is 1. The fraction of sp³-hybridized carbons (Fsp3) is 0.316. The molecule has 3 nitrogen and oxygen atoms in total. The maximum atomic E-state index is 11.4. The van der Waals surface area contributed by atoms with Gasteiger partial charge in [0.15, 0.2) is 0 Å². The lowest BCUT2D eigenvalue weighted by Crippen LogP contribution is -2.19. The summed E-state index contributed by atoms with van der Waals surface area (Å²) in [6.07, 6.45) is 1.42. The molecule has 1 fully saturated rings. The van der Waals surface area contributed by atoms with Gasteiger partial charge in [0.2, 0.25) is 0 Å². The summed E-state index contributed by atoms with van der Waals surface area (Å²) in [4.78, 5) is 11.4. The highest BCUT2D eigenvalue weighted by atomic mass is 16.5. The fourth-order valence-electron chi connectivity index (χ4n) is 2.87. The number of hydrogen-bond donors (Lipinski definition) is 1. The van der Waals surface area contributed by atoms with Crippen LogP contribution in [0.4, 0.5) is 0 Å². The number of carbonyl (C=O) groups is 1. The third-order valence-corrected chi connectivity index (χ3v) is 4.57. The number of aliphatic carboxylic acids is 1. The molecule has 0 heterocycles. The molecule has 1 aliphatic rings. The third-order valence-electron chi connectivity index (χ3n) is 4.57. The molecule has 0 aliphatic heterocycles. The van der Waals surface area contributed by atoms with E-state index in [1.165, 1.54) is 16.7 Å². The maximum absolute atomic E-state index is 11.4. The van der Waals surface area contributed by atoms with Crippen LogP contribution in [0.3, 0.4) is 0 Å². The molecule has 0 atom stereocenters. The van der Waals surface area contributed by atoms with E-state index in [4.69, 9.17) is 4.74 Å². The first-order valence-electron chi connectivity index (χ1n) is 7.55. The van der Waals surface area contributed by atoms with Gasteiger partial charge >= 0.3 is 5.97 Å². The number of ether oxygens (including phenoxy) is 1. The molecule has 1 N–H and O–H groups in total. The average Bonchev–Trinajstić information content (AvgIpc) is 3.29. The largest absolute Gasteiger partial charge is 0.489 e. The lowest BCUT2D eigenvalue weighted by atomic mass is 9.96. The molecule has 1 saturated carbocycles. The number of benzene rings is 2. The van der Waals surface area contributed by atoms with Gasteiger partial charge in [-0.25, -0.2) is 0 Å². The summed E-state index contributed by atoms with van der Waals surface area (Å²) in [5.74, 6) is -0.00734. The first kappa shape index (κ1) is 14.6. The molecule has 114 valence electrons. The molecule has 0 bridgehead atoms. The predicted octanol–water partition coefficient (Wildman–Crippen LogP) is 4.00. The monoisotopic (exact) mass is 296 g/mol. The Bertz CT molecular complexity index is 694. The maximum Gasteiger partial charge on any atom is 0.314 e. The average molecular weight is 296 g/mol. The van der Waals surface area contributed by atoms with E-state index in [1.807, 2.05) is 30.3 Å². The Hall–Kier alpha value is -2.29. The van der Waals surface area contributed by atoms with E-state index in [0.717, 1.165) is 11.3 Å². The highest BCUT2D eigenvalue weighted by Gasteiger charge is 2.51. The minimum absolute atomic E-state index is 0.502. The second-order valence-electron chi connectivity index (χ2n) is 6.07. The molecule has 0 radical (unpaired) electrons. The Labute approximate surface area is 130 Å². The van der Waals surface area contributed by atoms with E-state index in [9.17, 15) is 9.90 Å². The summed E-state index contributed by atoms with van der Waals surface area (Å²) in [7, 11) is 0. The lowest BCUT2D eigenvalue weighted by molar-refractivity contribution is -0.140. The fourth-order valence-corrected chi connectivity index (χ4v) is 2.87. The topological polar surface area (TPSA) is 46.5 Å². The van der Waals surface area contributed by atoms with Crippen LogP contribution >= 0.6 is 0 Å². The first-order valence-corrected chi connectivity index (χ1v) is 7.55. The van der Waals surface area contributed by atoms with Gasteiger partial charge in [0.1, 0.15) is 12.4 Å². The summed E-state index contributed by atoms with van der Waals surface area (Å²) in [6.45, 7) is 4.65. The molecular formula is C19H20O3. The molecule has 0 aromatic heterocycles. The quantitative estimate of drug-likeness (QED) is 0.907. The third kappa shape index (κ3) is 2.59. The summed E-state index contributed by atoms with van der Waals surface area (Å²) >= 11 is 0. The van der Waals surface area contributed by atoms with Gasteiger partial charge in [-0.3, -0.25) is 4.79 Å². The van der Waals surface area contributed by atoms with E-state index in [2.05, 4.69) is 26.0 Å². The minimum atomic E-state index is -0.737. The molecule has 2 aromatic rings. The van der Waals surface area contributed by atoms with Crippen LogP contribution in [-0.4, -0.2) is 11.1 Å². The van der Waals surface area contributed by atoms with Crippen molar-refractivity contribution in [1.29, 1.82) is 0 Å². The number of hydrogen-bond acceptors (Lipinski definition) is 2. The number of aryl methyl sites for hydroxylation is 2. The van der Waals surface area contributed by atoms with Crippen molar-refractivity contribution in [3.8, 4) is 5.75 Å². The summed E-state index contributed by atoms with van der Waals surface area (Å²) in [5.41, 5.74) is 3.77. The van der Waals surface area contributed by atoms with Crippen LogP contribution in [0.25, 0.3) is 0 Å². The van der Waals surface area contributed by atoms with Crippen LogP contribution in [0.15, 0.2) is 42.5 Å². The standard InChI is InChI=1S/C19H20O3/c1-13-5-3-6-14(2)17(13)12-22-16-8-4-7-15(11-16)19(9-10-19)18(20)21/h3-8,11H,9-10,12H2,1-2H3,(H,20,21). The molecule has 0 spiro atoms. The molecule has 22 heavy (non-hydrogen) atoms. The molecule has 3 heteroatoms. The second-order valence-corrected chi connectivity index (χ2v) is 6.07. The van der Waals surface area contributed by atoms with Crippen LogP contribution in [-0.2, 0) is 16.8 Å². The Morgan fingerprint density at radius 2 is 1.77 bits per heavy atom. The van der Waals surface area contributed by atoms with Gasteiger partial charge in [-0.2, -0.15) is 0 Å². The van der Waals surface area contributed by atoms with Crippen molar-refractivity contribution in [2.24, 2.45) is 0 Å². The molecule has 1 aliphatic carbocycles. The molecule has 0 saturated heterocycles. The highest BCUT2D eigenvalue weighted by Crippen LogP contribution is 2.49. The van der Waals surface area contributed by atoms with E-state index >= 15 is 0 Å². The molecular weight excluding hydrogens is 276 g/mol. The van der Waals surface area contributed by atoms with Crippen LogP contribution in [0.2, 0.25) is 0 Å². The Morgan fingerprint density at radius 1 is 1.14 bits per heavy atom. The summed E-state index contributed by atoms with van der Waals surface area (Å²) in [6, 6.07) is 13.7. The van der Waals surface area contributed by atoms with Gasteiger partial charge in [-0.05, 0) is 61.1 Å². The van der Waals surface area contributed by atoms with Crippen molar-refractivity contribution in [2.45, 2.75) is 38.7 Å². The summed E-state index contributed by atoms with van der Waals surface area (Å²) in [5, 5.41) is 9.39. The molecule has 0 amide bonds. The van der Waals surface area contributed by atoms with Crippen LogP contribution in [0.1, 0.15) is 35.1 Å². The van der Waals surface area contributed by atoms with Gasteiger partial charge in [-0.15, -0.1) is 0 Å². The Morgan fingerprint density at radius 3 is 2.36 bits per heavy atom. The minimum Gasteiger partial charge on any atom is -0.489 e. The van der Waals surface area contributed by atoms with Gasteiger partial charge in [0.05, 0.1) is 5.41 Å². The summed E-state index contributed by atoms with van der Waals surface area (Å²) < 4.78 is 5.90. The van der Waals surface area contributed by atoms with E-state index in [0.29, 0.717) is 19.4 Å². The van der Waals surface area contributed by atoms with Crippen molar-refractivity contribution in [3.05, 3.63) is 64.7 Å². The van der Waals surface area contributed by atoms with Crippen LogP contribution in [0, 0.1) is 13.8 Å². The van der Waals surface area contributed by atoms with Crippen LogP contribution < -0.4 is 4.74 Å². The van der Waals surface area contributed by atoms with Gasteiger partial charge in [-0.1, -0.05) is 30.3 Å². The zero-order valence-electron chi connectivity index (χ0n) is 12.9. The Balaban J connectivity index is 1.78. The lowest BCUT2D eigenvalue weighted by Gasteiger charge is -2.14. The van der Waals surface area contributed by atoms with Crippen molar-refractivity contribution < 1.29 is 14.6 Å². The Kier molecular flexibility index (Phi) is 3.65. The normalized spacial score (nSPS) is 15.4. The molecule has 3 rings (SSSR count). The number of rotatable bonds is 5. The molecule has 2 aromatic carbocycles. The van der Waals surface area contributed by atoms with E-state index in [1.54, 1.807) is 0 Å². The highest BCUT2D eigenvalue weighted by molar-refractivity contribution is 5.85. The van der Waals surface area contributed by atoms with Gasteiger partial charge < -0.3 is 9.84 Å². The second kappa shape index (κ2) is 5.48. The van der Waals surface area contributed by atoms with Crippen molar-refractivity contribution >= 4 is 5.97 Å². The van der Waals surface area contributed by atoms with Crippen molar-refractivity contribution in [1.82, 2.24) is 0 Å². The zero-order chi connectivity index (χ0) is 15.7. The SMILES string of the molecule is Cc1cccc(C)c1COc1cccc(C2(C(=O)O)CC2)c1. The van der Waals surface area contributed by atoms with Gasteiger partial charge in [0, 0.05) is 0 Å². The van der Waals surface area contributed by atoms with Gasteiger partial charge in [0.25, 0.3) is 0 Å². The van der Waals surface area contributed by atoms with E-state index < -0.39 is 11.4 Å². The molecule has 0 unspecified atom stereocenters. The van der Waals surface area contributed by atoms with E-state index in [-0.39, 0.29) is 0 Å². The zero-order valence-corrected chi connectivity index (χ0v) is 12.9. The smallest absolute Gasteiger partial charge is 0.314 e. The van der Waals surface area contributed by atoms with Crippen molar-refractivity contribution in [3.63, 3.8) is 0 Å².